The third kappa shape index (κ3) is 5.39. The molecule has 0 radical (unpaired) electrons. The summed E-state index contributed by atoms with van der Waals surface area (Å²) in [5.74, 6) is -1.97. The number of anilines is 1. The Hall–Kier alpha value is -4.70. The Kier molecular flexibility index (Phi) is 7.52. The lowest BCUT2D eigenvalue weighted by Crippen LogP contribution is -2.38. The number of esters is 1. The van der Waals surface area contributed by atoms with E-state index in [1.165, 1.54) is 24.1 Å². The maximum absolute atomic E-state index is 14.5. The van der Waals surface area contributed by atoms with Crippen LogP contribution in [0.25, 0.3) is 11.3 Å². The Morgan fingerprint density at radius 2 is 1.90 bits per heavy atom. The van der Waals surface area contributed by atoms with Crippen molar-refractivity contribution < 1.29 is 28.2 Å². The molecule has 0 saturated heterocycles. The lowest BCUT2D eigenvalue weighted by Gasteiger charge is -2.23. The van der Waals surface area contributed by atoms with Gasteiger partial charge in [0.25, 0.3) is 5.91 Å². The summed E-state index contributed by atoms with van der Waals surface area (Å²) >= 11 is 6.22. The van der Waals surface area contributed by atoms with E-state index in [1.807, 2.05) is 30.3 Å². The molecule has 0 aliphatic carbocycles. The number of benzene rings is 3. The Morgan fingerprint density at radius 3 is 2.65 bits per heavy atom. The van der Waals surface area contributed by atoms with Crippen molar-refractivity contribution in [3.8, 4) is 17.0 Å². The van der Waals surface area contributed by atoms with Gasteiger partial charge in [0.15, 0.2) is 5.69 Å². The van der Waals surface area contributed by atoms with Gasteiger partial charge in [0.2, 0.25) is 5.91 Å². The molecule has 1 aliphatic heterocycles. The average Bonchev–Trinajstić information content (AvgIpc) is 3.30. The largest absolute Gasteiger partial charge is 0.488 e. The van der Waals surface area contributed by atoms with Gasteiger partial charge in [-0.3, -0.25) is 14.3 Å². The molecule has 0 atom stereocenters. The number of hydrogen-bond acceptors (Lipinski definition) is 6. The van der Waals surface area contributed by atoms with E-state index >= 15 is 0 Å². The molecule has 4 aromatic rings. The number of halogens is 2. The fraction of sp³-hybridized carbons (Fsp3) is 0.172. The highest BCUT2D eigenvalue weighted by Gasteiger charge is 2.31. The fourth-order valence-electron chi connectivity index (χ4n) is 4.56. The van der Waals surface area contributed by atoms with E-state index in [0.29, 0.717) is 27.6 Å². The number of nitrogens with one attached hydrogen (secondary N) is 1. The topological polar surface area (TPSA) is 103 Å². The molecule has 204 valence electrons. The summed E-state index contributed by atoms with van der Waals surface area (Å²) in [4.78, 5) is 40.2. The lowest BCUT2D eigenvalue weighted by molar-refractivity contribution is -0.117. The zero-order chi connectivity index (χ0) is 28.4. The minimum atomic E-state index is -0.741. The molecule has 0 saturated carbocycles. The Bertz CT molecular complexity index is 1620. The van der Waals surface area contributed by atoms with Gasteiger partial charge in [-0.25, -0.2) is 9.18 Å². The summed E-state index contributed by atoms with van der Waals surface area (Å²) in [7, 11) is 2.92. The van der Waals surface area contributed by atoms with Gasteiger partial charge in [-0.1, -0.05) is 41.9 Å². The van der Waals surface area contributed by atoms with Crippen LogP contribution in [0.2, 0.25) is 5.02 Å². The first-order valence-corrected chi connectivity index (χ1v) is 12.6. The summed E-state index contributed by atoms with van der Waals surface area (Å²) < 4.78 is 26.6. The van der Waals surface area contributed by atoms with Crippen LogP contribution in [0.4, 0.5) is 10.1 Å². The van der Waals surface area contributed by atoms with E-state index in [9.17, 15) is 18.8 Å². The molecule has 0 unspecified atom stereocenters. The van der Waals surface area contributed by atoms with Gasteiger partial charge in [-0.15, -0.1) is 0 Å². The molecule has 5 rings (SSSR count). The molecule has 1 aliphatic rings. The van der Waals surface area contributed by atoms with E-state index < -0.39 is 30.1 Å². The molecule has 2 amide bonds. The molecule has 40 heavy (non-hydrogen) atoms. The summed E-state index contributed by atoms with van der Waals surface area (Å²) in [5, 5.41) is 7.46. The molecular formula is C29H24ClFN4O5. The molecule has 9 nitrogen and oxygen atoms in total. The van der Waals surface area contributed by atoms with Gasteiger partial charge in [0.05, 0.1) is 24.1 Å². The Balaban J connectivity index is 1.45. The zero-order valence-corrected chi connectivity index (χ0v) is 22.4. The van der Waals surface area contributed by atoms with Crippen LogP contribution in [-0.2, 0) is 29.7 Å². The maximum Gasteiger partial charge on any atom is 0.337 e. The van der Waals surface area contributed by atoms with Crippen molar-refractivity contribution in [3.63, 3.8) is 0 Å². The minimum Gasteiger partial charge on any atom is -0.488 e. The molecule has 1 N–H and O–H groups in total. The van der Waals surface area contributed by atoms with Crippen molar-refractivity contribution >= 4 is 35.1 Å². The molecule has 3 aromatic carbocycles. The molecule has 11 heteroatoms. The number of ether oxygens (including phenoxy) is 2. The van der Waals surface area contributed by atoms with Gasteiger partial charge in [-0.2, -0.15) is 5.10 Å². The molecular weight excluding hydrogens is 539 g/mol. The number of aryl methyl sites for hydroxylation is 1. The predicted octanol–water partition coefficient (Wildman–Crippen LogP) is 4.84. The van der Waals surface area contributed by atoms with Crippen LogP contribution < -0.4 is 10.1 Å². The van der Waals surface area contributed by atoms with Crippen LogP contribution in [0.1, 0.15) is 32.0 Å². The molecule has 2 heterocycles. The second-order valence-electron chi connectivity index (χ2n) is 9.11. The quantitative estimate of drug-likeness (QED) is 0.323. The second-order valence-corrected chi connectivity index (χ2v) is 9.55. The van der Waals surface area contributed by atoms with Crippen molar-refractivity contribution in [1.29, 1.82) is 0 Å². The second kappa shape index (κ2) is 11.2. The van der Waals surface area contributed by atoms with E-state index in [1.54, 1.807) is 29.9 Å². The normalized spacial score (nSPS) is 11.6. The van der Waals surface area contributed by atoms with Gasteiger partial charge >= 0.3 is 5.97 Å². The summed E-state index contributed by atoms with van der Waals surface area (Å²) in [6.07, 6.45) is 0. The molecule has 1 aromatic heterocycles. The monoisotopic (exact) mass is 562 g/mol. The summed E-state index contributed by atoms with van der Waals surface area (Å²) in [5.41, 5.74) is 2.73. The highest BCUT2D eigenvalue weighted by molar-refractivity contribution is 6.31. The summed E-state index contributed by atoms with van der Waals surface area (Å²) in [6, 6.07) is 17.8. The smallest absolute Gasteiger partial charge is 0.337 e. The van der Waals surface area contributed by atoms with Crippen molar-refractivity contribution in [3.05, 3.63) is 100.0 Å². The van der Waals surface area contributed by atoms with Crippen molar-refractivity contribution in [2.45, 2.75) is 13.2 Å². The van der Waals surface area contributed by atoms with Crippen LogP contribution in [0.15, 0.2) is 66.7 Å². The summed E-state index contributed by atoms with van der Waals surface area (Å²) in [6.45, 7) is -0.216. The van der Waals surface area contributed by atoms with Gasteiger partial charge < -0.3 is 19.7 Å². The maximum atomic E-state index is 14.5. The number of methoxy groups -OCH3 is 1. The van der Waals surface area contributed by atoms with Gasteiger partial charge in [0, 0.05) is 29.7 Å². The Morgan fingerprint density at radius 1 is 1.12 bits per heavy atom. The SMILES string of the molecule is COC(=O)c1ccc(F)c(NC(=O)CN(Cc2ccccc2)C(=O)c2nn(C)c3c2COc2ccc(Cl)cc2-3)c1. The first kappa shape index (κ1) is 26.9. The number of amides is 2. The number of carbonyl (C=O) groups is 3. The highest BCUT2D eigenvalue weighted by Crippen LogP contribution is 2.40. The van der Waals surface area contributed by atoms with Crippen LogP contribution in [0.3, 0.4) is 0 Å². The first-order valence-electron chi connectivity index (χ1n) is 12.2. The fourth-order valence-corrected chi connectivity index (χ4v) is 4.73. The Labute approximate surface area is 234 Å². The minimum absolute atomic E-state index is 0.0666. The number of nitrogens with zero attached hydrogens (tertiary/aromatic N) is 3. The average molecular weight is 563 g/mol. The lowest BCUT2D eigenvalue weighted by atomic mass is 10.0. The van der Waals surface area contributed by atoms with Crippen LogP contribution in [0.5, 0.6) is 5.75 Å². The third-order valence-corrected chi connectivity index (χ3v) is 6.65. The number of fused-ring (bicyclic) bond motifs is 3. The third-order valence-electron chi connectivity index (χ3n) is 6.42. The highest BCUT2D eigenvalue weighted by atomic mass is 35.5. The molecule has 0 fully saturated rings. The van der Waals surface area contributed by atoms with Crippen LogP contribution >= 0.6 is 11.6 Å². The standard InChI is InChI=1S/C29H24ClFN4O5/c1-34-27-20-13-19(30)9-11-24(20)40-16-21(27)26(33-34)28(37)35(14-17-6-4-3-5-7-17)15-25(36)32-23-12-18(29(38)39-2)8-10-22(23)31/h3-13H,14-16H2,1-2H3,(H,32,36). The zero-order valence-electron chi connectivity index (χ0n) is 21.6. The van der Waals surface area contributed by atoms with Crippen molar-refractivity contribution in [1.82, 2.24) is 14.7 Å². The van der Waals surface area contributed by atoms with E-state index in [-0.39, 0.29) is 30.1 Å². The van der Waals surface area contributed by atoms with E-state index in [4.69, 9.17) is 16.3 Å². The molecule has 0 spiro atoms. The number of rotatable bonds is 7. The van der Waals surface area contributed by atoms with Crippen LogP contribution in [0, 0.1) is 5.82 Å². The van der Waals surface area contributed by atoms with E-state index in [0.717, 1.165) is 11.6 Å². The van der Waals surface area contributed by atoms with Crippen molar-refractivity contribution in [2.24, 2.45) is 7.05 Å². The number of hydrogen-bond donors (Lipinski definition) is 1. The van der Waals surface area contributed by atoms with E-state index in [2.05, 4.69) is 15.2 Å². The van der Waals surface area contributed by atoms with Gasteiger partial charge in [0.1, 0.15) is 24.7 Å². The first-order chi connectivity index (χ1) is 19.2. The van der Waals surface area contributed by atoms with Crippen molar-refractivity contribution in [2.75, 3.05) is 19.0 Å². The van der Waals surface area contributed by atoms with Gasteiger partial charge in [-0.05, 0) is 42.0 Å². The van der Waals surface area contributed by atoms with Crippen LogP contribution in [-0.4, -0.2) is 46.1 Å². The predicted molar refractivity (Wildman–Crippen MR) is 146 cm³/mol. The number of aromatic nitrogens is 2. The molecule has 0 bridgehead atoms. The number of carbonyl (C=O) groups excluding carboxylic acids is 3.